The number of amides is 16. The zero-order valence-electron chi connectivity index (χ0n) is 61.0. The summed E-state index contributed by atoms with van der Waals surface area (Å²) in [5, 5.41) is 41.2. The van der Waals surface area contributed by atoms with Gasteiger partial charge in [0, 0.05) is 59.6 Å². The maximum absolute atomic E-state index is 12.5. The fraction of sp³-hybridized carbons (Fsp3) is 0.613. The van der Waals surface area contributed by atoms with Crippen LogP contribution >= 0.6 is 12.6 Å². The van der Waals surface area contributed by atoms with Gasteiger partial charge in [-0.15, -0.1) is 0 Å². The van der Waals surface area contributed by atoms with Crippen LogP contribution in [0.25, 0.3) is 0 Å². The molecule has 0 fully saturated rings. The molecule has 0 heterocycles. The third-order valence-electron chi connectivity index (χ3n) is 13.6. The summed E-state index contributed by atoms with van der Waals surface area (Å²) in [6, 6.07) is -9.52. The zero-order chi connectivity index (χ0) is 80.4. The molecule has 0 rings (SSSR count). The number of carbonyl (C=O) groups excluding carboxylic acids is 16. The van der Waals surface area contributed by atoms with E-state index in [1.807, 2.05) is 0 Å². The molecule has 0 aliphatic carbocycles. The topological polar surface area (TPSA) is 674 Å². The molecular weight excluding hydrogens is 1370 g/mol. The predicted octanol–water partition coefficient (Wildman–Crippen LogP) is -8.31. The molecule has 103 heavy (non-hydrogen) atoms. The molecule has 0 radical (unpaired) electrons. The molecule has 0 aromatic carbocycles. The van der Waals surface area contributed by atoms with Gasteiger partial charge in [-0.1, -0.05) is 47.1 Å². The highest BCUT2D eigenvalue weighted by Crippen LogP contribution is 2.07. The van der Waals surface area contributed by atoms with Crippen molar-refractivity contribution in [3.05, 3.63) is 49.6 Å². The van der Waals surface area contributed by atoms with Crippen LogP contribution < -0.4 is 131 Å². The molecule has 586 valence electrons. The van der Waals surface area contributed by atoms with Crippen LogP contribution in [0.15, 0.2) is 49.6 Å². The van der Waals surface area contributed by atoms with Crippen molar-refractivity contribution in [1.29, 1.82) is 0 Å². The number of carbonyl (C=O) groups is 16. The van der Waals surface area contributed by atoms with E-state index in [9.17, 15) is 76.7 Å². The van der Waals surface area contributed by atoms with Crippen LogP contribution in [-0.2, 0) is 76.7 Å². The molecule has 16 amide bonds. The van der Waals surface area contributed by atoms with E-state index in [0.29, 0.717) is 88.6 Å². The molecule has 0 aromatic heterocycles. The van der Waals surface area contributed by atoms with Crippen molar-refractivity contribution >= 4 is 107 Å². The Labute approximate surface area is 607 Å². The van der Waals surface area contributed by atoms with Crippen LogP contribution in [0, 0.1) is 5.92 Å². The van der Waals surface area contributed by atoms with Crippen LogP contribution in [0.3, 0.4) is 0 Å². The van der Waals surface area contributed by atoms with Gasteiger partial charge in [-0.2, -0.15) is 12.6 Å². The number of thiol groups is 1. The molecule has 0 spiro atoms. The van der Waals surface area contributed by atoms with Gasteiger partial charge in [-0.25, -0.2) is 0 Å². The largest absolute Gasteiger partial charge is 0.386 e. The Balaban J connectivity index is -0.000000635. The third-order valence-corrected chi connectivity index (χ3v) is 13.9. The summed E-state index contributed by atoms with van der Waals surface area (Å²) in [6.45, 7) is 31.8. The quantitative estimate of drug-likeness (QED) is 0.0199. The SMILES string of the molecule is C=C(N)NCCC[C@H](NC(=O)CNC(C)=O)C(=O)N[C@@H](C)C(N)=O.C=C(N)NCCC[C@H](NC(=O)[C@@H](NC(C)=O)C(C)C)C(=O)N[C@@H](C)C(N)=O.C=C(N)NCCC[C@H](NC(=O)[C@H](CC)NC(C)=O)C(=O)N[C@@H](C)C(N)=O.C=C(N)NCCC[C@H](NC(=O)[C@H](CS)NC(C)=O)C(=O)N[C@@H](C)C(N)=O. The lowest BCUT2D eigenvalue weighted by atomic mass is 10.0. The summed E-state index contributed by atoms with van der Waals surface area (Å²) in [5.74, 6) is -7.34. The van der Waals surface area contributed by atoms with E-state index in [-0.39, 0.29) is 54.6 Å². The van der Waals surface area contributed by atoms with Crippen LogP contribution in [0.1, 0.15) is 134 Å². The smallest absolute Gasteiger partial charge is 0.244 e. The van der Waals surface area contributed by atoms with Gasteiger partial charge in [0.2, 0.25) is 94.5 Å². The van der Waals surface area contributed by atoms with Gasteiger partial charge in [0.1, 0.15) is 66.5 Å². The summed E-state index contributed by atoms with van der Waals surface area (Å²) in [5.41, 5.74) is 42.1. The van der Waals surface area contributed by atoms with Gasteiger partial charge in [-0.05, 0) is 91.4 Å². The number of nitrogens with two attached hydrogens (primary N) is 8. The summed E-state index contributed by atoms with van der Waals surface area (Å²) in [7, 11) is 0. The van der Waals surface area contributed by atoms with E-state index in [2.05, 4.69) is 124 Å². The van der Waals surface area contributed by atoms with E-state index in [4.69, 9.17) is 45.9 Å². The highest BCUT2D eigenvalue weighted by Gasteiger charge is 2.32. The first-order valence-electron chi connectivity index (χ1n) is 32.7. The van der Waals surface area contributed by atoms with Gasteiger partial charge in [-0.3, -0.25) is 76.7 Å². The number of rotatable bonds is 47. The molecular formula is C62H116N24O16S. The summed E-state index contributed by atoms with van der Waals surface area (Å²) in [4.78, 5) is 187. The minimum Gasteiger partial charge on any atom is -0.386 e. The fourth-order valence-corrected chi connectivity index (χ4v) is 8.14. The van der Waals surface area contributed by atoms with Crippen molar-refractivity contribution in [2.45, 2.75) is 200 Å². The van der Waals surface area contributed by atoms with Gasteiger partial charge < -0.3 is 131 Å². The molecule has 0 saturated carbocycles. The minimum atomic E-state index is -0.923. The standard InChI is InChI=1S/C17H32N6O4.C16H30N6O4.C15H28N6O4S.C14H26N6O4/c1-9(2)14(22-12(5)24)17(27)23-13(7-6-8-20-11(4)18)16(26)21-10(3)15(19)25;1-5-12(21-11(4)23)15(25)22-13(7-6-8-19-10(3)17)16(26)20-9(2)14(18)24;1-8(13(17)23)19-14(24)11(5-4-6-18-9(2)16)21-15(25)12(7-26)20-10(3)22;1-8(13(16)23)19-14(24)11(5-4-6-17-9(2)15)20-12(22)7-18-10(3)21/h9-10,13-14,20H,4,6-8,18H2,1-3,5H3,(H2,19,25)(H,21,26)(H,22,24)(H,23,27);9,12-13,19H,3,5-8,17H2,1-2,4H3,(H2,18,24)(H,20,26)(H,21,23)(H,22,25);8,11-12,18,26H,2,4-7,16H2,1,3H3,(H2,17,23)(H,19,24)(H,20,22)(H,21,25);8,11,17H,2,4-7,15H2,1,3H3,(H2,16,23)(H,18,21)(H,19,24)(H,20,22)/t10-,13-,14-;9-,12-,13-;8-,11-,12-;8-,11-/m0000/s1. The Morgan fingerprint density at radius 2 is 0.573 bits per heavy atom. The second-order valence-electron chi connectivity index (χ2n) is 23.6. The molecule has 0 bridgehead atoms. The lowest BCUT2D eigenvalue weighted by molar-refractivity contribution is -0.133. The summed E-state index contributed by atoms with van der Waals surface area (Å²) < 4.78 is 0. The Bertz CT molecular complexity index is 2790. The van der Waals surface area contributed by atoms with E-state index >= 15 is 0 Å². The van der Waals surface area contributed by atoms with Crippen LogP contribution in [0.4, 0.5) is 0 Å². The van der Waals surface area contributed by atoms with Gasteiger partial charge >= 0.3 is 0 Å². The molecule has 11 atom stereocenters. The number of hydrogen-bond donors (Lipinski definition) is 25. The fourth-order valence-electron chi connectivity index (χ4n) is 7.88. The highest BCUT2D eigenvalue weighted by atomic mass is 32.1. The minimum absolute atomic E-state index is 0.0615. The molecule has 41 heteroatoms. The molecule has 0 aliphatic heterocycles. The summed E-state index contributed by atoms with van der Waals surface area (Å²) >= 11 is 4.02. The average Bonchev–Trinajstić information content (AvgIpc) is 0.893. The second kappa shape index (κ2) is 55.0. The van der Waals surface area contributed by atoms with Gasteiger partial charge in [0.25, 0.3) is 0 Å². The van der Waals surface area contributed by atoms with Gasteiger partial charge in [0.05, 0.1) is 29.8 Å². The first-order valence-corrected chi connectivity index (χ1v) is 33.4. The zero-order valence-corrected chi connectivity index (χ0v) is 61.9. The lowest BCUT2D eigenvalue weighted by Crippen LogP contribution is -2.56. The van der Waals surface area contributed by atoms with E-state index < -0.39 is 143 Å². The molecule has 0 unspecified atom stereocenters. The Morgan fingerprint density at radius 1 is 0.320 bits per heavy atom. The summed E-state index contributed by atoms with van der Waals surface area (Å²) in [6.07, 6.45) is 3.53. The number of hydrogen-bond acceptors (Lipinski definition) is 25. The van der Waals surface area contributed by atoms with E-state index in [1.54, 1.807) is 20.8 Å². The van der Waals surface area contributed by atoms with Crippen molar-refractivity contribution in [3.8, 4) is 0 Å². The first-order chi connectivity index (χ1) is 47.7. The lowest BCUT2D eigenvalue weighted by Gasteiger charge is -2.25. The van der Waals surface area contributed by atoms with Gasteiger partial charge in [0.15, 0.2) is 0 Å². The van der Waals surface area contributed by atoms with Crippen molar-refractivity contribution in [1.82, 2.24) is 85.1 Å². The molecule has 40 nitrogen and oxygen atoms in total. The average molecular weight is 1490 g/mol. The number of primary amides is 4. The van der Waals surface area contributed by atoms with Crippen molar-refractivity contribution in [3.63, 3.8) is 0 Å². The Kier molecular flexibility index (Phi) is 52.6. The van der Waals surface area contributed by atoms with Crippen molar-refractivity contribution < 1.29 is 76.7 Å². The maximum atomic E-state index is 12.5. The Hall–Kier alpha value is -10.8. The molecule has 0 aromatic rings. The highest BCUT2D eigenvalue weighted by molar-refractivity contribution is 7.80. The van der Waals surface area contributed by atoms with E-state index in [1.165, 1.54) is 55.4 Å². The second-order valence-corrected chi connectivity index (χ2v) is 24.0. The molecule has 32 N–H and O–H groups in total. The van der Waals surface area contributed by atoms with Crippen molar-refractivity contribution in [2.75, 3.05) is 38.5 Å². The third kappa shape index (κ3) is 52.0. The van der Waals surface area contributed by atoms with Crippen LogP contribution in [-0.4, -0.2) is 199 Å². The maximum Gasteiger partial charge on any atom is 0.244 e. The normalized spacial score (nSPS) is 13.4. The van der Waals surface area contributed by atoms with E-state index in [0.717, 1.165) is 0 Å². The predicted molar refractivity (Wildman–Crippen MR) is 388 cm³/mol. The molecule has 0 aliphatic rings. The first kappa shape index (κ1) is 98.6. The monoisotopic (exact) mass is 1480 g/mol. The Morgan fingerprint density at radius 3 is 0.806 bits per heavy atom. The number of nitrogens with one attached hydrogen (secondary N) is 16. The molecule has 0 saturated heterocycles. The van der Waals surface area contributed by atoms with Crippen LogP contribution in [0.5, 0.6) is 0 Å². The van der Waals surface area contributed by atoms with Crippen LogP contribution in [0.2, 0.25) is 0 Å². The van der Waals surface area contributed by atoms with Crippen molar-refractivity contribution in [2.24, 2.45) is 51.8 Å².